The Morgan fingerprint density at radius 2 is 1.79 bits per heavy atom. The molecule has 1 aromatic carbocycles. The number of methoxy groups -OCH3 is 1. The van der Waals surface area contributed by atoms with E-state index >= 15 is 0 Å². The molecule has 1 atom stereocenters. The maximum Gasteiger partial charge on any atom is 0.247 e. The molecule has 5 fully saturated rings. The number of hydrogen-bond donors (Lipinski definition) is 1. The third kappa shape index (κ3) is 2.99. The van der Waals surface area contributed by atoms with E-state index in [1.54, 1.807) is 7.11 Å². The van der Waals surface area contributed by atoms with Gasteiger partial charge in [-0.2, -0.15) is 0 Å². The molecule has 5 nitrogen and oxygen atoms in total. The zero-order valence-corrected chi connectivity index (χ0v) is 16.7. The summed E-state index contributed by atoms with van der Waals surface area (Å²) in [7, 11) is 1.61. The Morgan fingerprint density at radius 1 is 1.11 bits per heavy atom. The van der Waals surface area contributed by atoms with E-state index < -0.39 is 0 Å². The number of ether oxygens (including phenoxy) is 1. The van der Waals surface area contributed by atoms with Crippen LogP contribution in [0.5, 0.6) is 5.75 Å². The quantitative estimate of drug-likeness (QED) is 0.861. The van der Waals surface area contributed by atoms with Crippen molar-refractivity contribution in [1.29, 1.82) is 0 Å². The van der Waals surface area contributed by atoms with E-state index in [1.807, 2.05) is 29.2 Å². The summed E-state index contributed by atoms with van der Waals surface area (Å²) >= 11 is 0. The molecule has 28 heavy (non-hydrogen) atoms. The number of nitrogens with one attached hydrogen (secondary N) is 1. The van der Waals surface area contributed by atoms with Crippen LogP contribution in [0.4, 0.5) is 5.69 Å². The van der Waals surface area contributed by atoms with E-state index in [1.165, 1.54) is 19.3 Å². The summed E-state index contributed by atoms with van der Waals surface area (Å²) in [6, 6.07) is 7.06. The van der Waals surface area contributed by atoms with Gasteiger partial charge in [0.2, 0.25) is 11.8 Å². The third-order valence-electron chi connectivity index (χ3n) is 7.65. The van der Waals surface area contributed by atoms with Crippen molar-refractivity contribution in [3.8, 4) is 5.75 Å². The Balaban J connectivity index is 1.32. The number of likely N-dealkylation sites (tertiary alicyclic amines) is 1. The molecule has 1 N–H and O–H groups in total. The SMILES string of the molecule is COc1cccc(NC(=O)C2CCCN2C(=O)C23CC4CC(CC(C4)C2)C3)c1. The highest BCUT2D eigenvalue weighted by molar-refractivity contribution is 5.98. The molecule has 1 aliphatic heterocycles. The molecular formula is C23H30N2O3. The normalized spacial score (nSPS) is 35.8. The standard InChI is InChI=1S/C23H30N2O3/c1-28-19-5-2-4-18(11-19)24-21(26)20-6-3-7-25(20)22(27)23-12-15-8-16(13-23)10-17(9-15)14-23/h2,4-5,11,15-17,20H,3,6-10,12-14H2,1H3,(H,24,26). The number of amides is 2. The molecular weight excluding hydrogens is 352 g/mol. The summed E-state index contributed by atoms with van der Waals surface area (Å²) in [5.74, 6) is 3.13. The lowest BCUT2D eigenvalue weighted by molar-refractivity contribution is -0.160. The molecule has 0 radical (unpaired) electrons. The molecule has 4 saturated carbocycles. The van der Waals surface area contributed by atoms with Crippen molar-refractivity contribution in [3.63, 3.8) is 0 Å². The van der Waals surface area contributed by atoms with Gasteiger partial charge in [-0.05, 0) is 81.3 Å². The first-order valence-electron chi connectivity index (χ1n) is 10.8. The molecule has 4 bridgehead atoms. The molecule has 1 aromatic rings. The summed E-state index contributed by atoms with van der Waals surface area (Å²) in [6.45, 7) is 0.719. The lowest BCUT2D eigenvalue weighted by Crippen LogP contribution is -2.56. The molecule has 0 spiro atoms. The molecule has 1 saturated heterocycles. The fourth-order valence-electron chi connectivity index (χ4n) is 6.89. The Morgan fingerprint density at radius 3 is 2.43 bits per heavy atom. The van der Waals surface area contributed by atoms with E-state index in [0.717, 1.165) is 62.1 Å². The van der Waals surface area contributed by atoms with Crippen molar-refractivity contribution >= 4 is 17.5 Å². The summed E-state index contributed by atoms with van der Waals surface area (Å²) < 4.78 is 5.24. The van der Waals surface area contributed by atoms with Crippen LogP contribution in [0.2, 0.25) is 0 Å². The Kier molecular flexibility index (Phi) is 4.37. The first-order chi connectivity index (χ1) is 13.6. The van der Waals surface area contributed by atoms with E-state index in [2.05, 4.69) is 5.32 Å². The maximum absolute atomic E-state index is 13.7. The molecule has 6 rings (SSSR count). The van der Waals surface area contributed by atoms with Crippen LogP contribution < -0.4 is 10.1 Å². The largest absolute Gasteiger partial charge is 0.497 e. The van der Waals surface area contributed by atoms with Gasteiger partial charge < -0.3 is 15.0 Å². The maximum atomic E-state index is 13.7. The van der Waals surface area contributed by atoms with Crippen LogP contribution >= 0.6 is 0 Å². The number of carbonyl (C=O) groups excluding carboxylic acids is 2. The van der Waals surface area contributed by atoms with Gasteiger partial charge in [0.05, 0.1) is 12.5 Å². The first-order valence-corrected chi connectivity index (χ1v) is 10.8. The van der Waals surface area contributed by atoms with Gasteiger partial charge in [0, 0.05) is 18.3 Å². The summed E-state index contributed by atoms with van der Waals surface area (Å²) in [4.78, 5) is 28.6. The number of nitrogens with zero attached hydrogens (tertiary/aromatic N) is 1. The summed E-state index contributed by atoms with van der Waals surface area (Å²) in [5.41, 5.74) is 0.548. The van der Waals surface area contributed by atoms with Gasteiger partial charge in [-0.1, -0.05) is 6.07 Å². The van der Waals surface area contributed by atoms with Crippen molar-refractivity contribution in [2.75, 3.05) is 19.0 Å². The highest BCUT2D eigenvalue weighted by atomic mass is 16.5. The van der Waals surface area contributed by atoms with Crippen LogP contribution in [-0.2, 0) is 9.59 Å². The van der Waals surface area contributed by atoms with Crippen LogP contribution in [0.1, 0.15) is 51.4 Å². The van der Waals surface area contributed by atoms with Gasteiger partial charge in [-0.15, -0.1) is 0 Å². The van der Waals surface area contributed by atoms with Gasteiger partial charge >= 0.3 is 0 Å². The minimum Gasteiger partial charge on any atom is -0.497 e. The van der Waals surface area contributed by atoms with Crippen molar-refractivity contribution in [2.45, 2.75) is 57.4 Å². The molecule has 150 valence electrons. The summed E-state index contributed by atoms with van der Waals surface area (Å²) in [5, 5.41) is 3.00. The molecule has 5 heteroatoms. The van der Waals surface area contributed by atoms with Gasteiger partial charge in [0.25, 0.3) is 0 Å². The van der Waals surface area contributed by atoms with Crippen LogP contribution in [0.15, 0.2) is 24.3 Å². The Labute approximate surface area is 166 Å². The van der Waals surface area contributed by atoms with Gasteiger partial charge in [-0.25, -0.2) is 0 Å². The van der Waals surface area contributed by atoms with Gasteiger partial charge in [0.1, 0.15) is 11.8 Å². The number of rotatable bonds is 4. The Bertz CT molecular complexity index is 755. The Hall–Kier alpha value is -2.04. The fraction of sp³-hybridized carbons (Fsp3) is 0.652. The number of hydrogen-bond acceptors (Lipinski definition) is 3. The fourth-order valence-corrected chi connectivity index (χ4v) is 6.89. The smallest absolute Gasteiger partial charge is 0.247 e. The first kappa shape index (κ1) is 18.0. The average Bonchev–Trinajstić information content (AvgIpc) is 3.16. The van der Waals surface area contributed by atoms with Gasteiger partial charge in [-0.3, -0.25) is 9.59 Å². The number of anilines is 1. The van der Waals surface area contributed by atoms with E-state index in [9.17, 15) is 9.59 Å². The minimum absolute atomic E-state index is 0.0659. The lowest BCUT2D eigenvalue weighted by Gasteiger charge is -2.56. The van der Waals surface area contributed by atoms with E-state index in [0.29, 0.717) is 5.75 Å². The highest BCUT2D eigenvalue weighted by Crippen LogP contribution is 2.60. The second-order valence-corrected chi connectivity index (χ2v) is 9.58. The molecule has 2 amide bonds. The topological polar surface area (TPSA) is 58.6 Å². The third-order valence-corrected chi connectivity index (χ3v) is 7.65. The van der Waals surface area contributed by atoms with Crippen LogP contribution in [0.3, 0.4) is 0 Å². The second kappa shape index (κ2) is 6.78. The highest BCUT2D eigenvalue weighted by Gasteiger charge is 2.56. The average molecular weight is 383 g/mol. The number of benzene rings is 1. The van der Waals surface area contributed by atoms with Crippen molar-refractivity contribution in [3.05, 3.63) is 24.3 Å². The molecule has 1 unspecified atom stereocenters. The van der Waals surface area contributed by atoms with Crippen molar-refractivity contribution < 1.29 is 14.3 Å². The molecule has 0 aromatic heterocycles. The monoisotopic (exact) mass is 382 g/mol. The van der Waals surface area contributed by atoms with E-state index in [4.69, 9.17) is 4.74 Å². The van der Waals surface area contributed by atoms with Crippen LogP contribution in [0.25, 0.3) is 0 Å². The zero-order valence-electron chi connectivity index (χ0n) is 16.7. The van der Waals surface area contributed by atoms with Crippen LogP contribution in [-0.4, -0.2) is 36.4 Å². The minimum atomic E-state index is -0.341. The molecule has 1 heterocycles. The predicted molar refractivity (Wildman–Crippen MR) is 107 cm³/mol. The summed E-state index contributed by atoms with van der Waals surface area (Å²) in [6.07, 6.45) is 8.81. The van der Waals surface area contributed by atoms with E-state index in [-0.39, 0.29) is 23.3 Å². The molecule has 5 aliphatic rings. The second-order valence-electron chi connectivity index (χ2n) is 9.58. The lowest BCUT2D eigenvalue weighted by atomic mass is 9.49. The van der Waals surface area contributed by atoms with Gasteiger partial charge in [0.15, 0.2) is 0 Å². The predicted octanol–water partition coefficient (Wildman–Crippen LogP) is 3.84. The van der Waals surface area contributed by atoms with Crippen molar-refractivity contribution in [2.24, 2.45) is 23.2 Å². The van der Waals surface area contributed by atoms with Crippen molar-refractivity contribution in [1.82, 2.24) is 4.90 Å². The van der Waals surface area contributed by atoms with Crippen LogP contribution in [0, 0.1) is 23.2 Å². The molecule has 4 aliphatic carbocycles. The number of carbonyl (C=O) groups is 2. The zero-order chi connectivity index (χ0) is 19.3.